The van der Waals surface area contributed by atoms with Gasteiger partial charge in [-0.15, -0.1) is 16.4 Å². The van der Waals surface area contributed by atoms with E-state index in [-0.39, 0.29) is 17.5 Å². The smallest absolute Gasteiger partial charge is 0.236 e. The molecule has 31 heavy (non-hydrogen) atoms. The Hall–Kier alpha value is -3.31. The zero-order valence-electron chi connectivity index (χ0n) is 16.4. The second-order valence-electron chi connectivity index (χ2n) is 6.16. The largest absolute Gasteiger partial charge is 0.492 e. The molecule has 0 aliphatic carbocycles. The number of benzene rings is 2. The summed E-state index contributed by atoms with van der Waals surface area (Å²) in [6.45, 7) is 2.41. The van der Waals surface area contributed by atoms with Gasteiger partial charge in [0.25, 0.3) is 0 Å². The molecule has 0 unspecified atom stereocenters. The molecular weight excluding hydrogens is 439 g/mol. The molecule has 0 aliphatic rings. The van der Waals surface area contributed by atoms with E-state index in [1.165, 1.54) is 35.2 Å². The molecular formula is C20H17FN6O2S2. The molecule has 2 aromatic heterocycles. The fourth-order valence-corrected chi connectivity index (χ4v) is 4.12. The van der Waals surface area contributed by atoms with Gasteiger partial charge < -0.3 is 10.1 Å². The van der Waals surface area contributed by atoms with Crippen LogP contribution in [-0.4, -0.2) is 43.5 Å². The monoisotopic (exact) mass is 456 g/mol. The van der Waals surface area contributed by atoms with Gasteiger partial charge >= 0.3 is 0 Å². The van der Waals surface area contributed by atoms with Crippen molar-refractivity contribution in [2.75, 3.05) is 17.7 Å². The Morgan fingerprint density at radius 3 is 2.84 bits per heavy atom. The highest BCUT2D eigenvalue weighted by molar-refractivity contribution is 7.99. The highest BCUT2D eigenvalue weighted by Crippen LogP contribution is 2.27. The van der Waals surface area contributed by atoms with Gasteiger partial charge in [0.1, 0.15) is 17.3 Å². The molecule has 0 spiro atoms. The first kappa shape index (κ1) is 20.9. The number of para-hydroxylation sites is 2. The average molecular weight is 457 g/mol. The Kier molecular flexibility index (Phi) is 6.53. The second kappa shape index (κ2) is 9.67. The quantitative estimate of drug-likeness (QED) is 0.400. The summed E-state index contributed by atoms with van der Waals surface area (Å²) in [4.78, 5) is 16.8. The maximum Gasteiger partial charge on any atom is 0.236 e. The van der Waals surface area contributed by atoms with E-state index in [9.17, 15) is 9.18 Å². The number of thioether (sulfide) groups is 1. The summed E-state index contributed by atoms with van der Waals surface area (Å²) in [5, 5.41) is 17.3. The molecule has 4 rings (SSSR count). The normalized spacial score (nSPS) is 10.8. The minimum absolute atomic E-state index is 0.0998. The van der Waals surface area contributed by atoms with E-state index in [4.69, 9.17) is 4.74 Å². The summed E-state index contributed by atoms with van der Waals surface area (Å²) in [6.07, 6.45) is 0. The summed E-state index contributed by atoms with van der Waals surface area (Å²) in [5.41, 5.74) is 2.14. The molecule has 2 heterocycles. The van der Waals surface area contributed by atoms with Crippen molar-refractivity contribution >= 4 is 34.1 Å². The SMILES string of the molecule is CCOc1ccccc1-n1nnnc1SCC(=O)Nc1nc(-c2ccc(F)cc2)cs1. The summed E-state index contributed by atoms with van der Waals surface area (Å²) in [7, 11) is 0. The molecule has 4 aromatic rings. The van der Waals surface area contributed by atoms with Crippen molar-refractivity contribution in [3.05, 3.63) is 59.7 Å². The van der Waals surface area contributed by atoms with Crippen LogP contribution in [-0.2, 0) is 4.79 Å². The fraction of sp³-hybridized carbons (Fsp3) is 0.150. The van der Waals surface area contributed by atoms with E-state index in [1.54, 1.807) is 22.2 Å². The lowest BCUT2D eigenvalue weighted by atomic mass is 10.2. The summed E-state index contributed by atoms with van der Waals surface area (Å²) >= 11 is 2.50. The van der Waals surface area contributed by atoms with Crippen LogP contribution in [0.1, 0.15) is 6.92 Å². The van der Waals surface area contributed by atoms with Crippen molar-refractivity contribution in [2.45, 2.75) is 12.1 Å². The van der Waals surface area contributed by atoms with Crippen LogP contribution in [0.4, 0.5) is 9.52 Å². The van der Waals surface area contributed by atoms with Crippen LogP contribution in [0, 0.1) is 5.82 Å². The highest BCUT2D eigenvalue weighted by Gasteiger charge is 2.15. The third-order valence-corrected chi connectivity index (χ3v) is 5.73. The molecule has 0 atom stereocenters. The predicted molar refractivity (Wildman–Crippen MR) is 117 cm³/mol. The molecule has 1 amide bonds. The Labute approximate surface area is 185 Å². The van der Waals surface area contributed by atoms with Crippen molar-refractivity contribution in [1.82, 2.24) is 25.2 Å². The minimum atomic E-state index is -0.309. The van der Waals surface area contributed by atoms with E-state index < -0.39 is 0 Å². The summed E-state index contributed by atoms with van der Waals surface area (Å²) in [5.74, 6) is 0.205. The molecule has 11 heteroatoms. The lowest BCUT2D eigenvalue weighted by Gasteiger charge is -2.10. The van der Waals surface area contributed by atoms with E-state index in [1.807, 2.05) is 31.2 Å². The number of halogens is 1. The van der Waals surface area contributed by atoms with Crippen LogP contribution in [0.2, 0.25) is 0 Å². The first-order valence-electron chi connectivity index (χ1n) is 9.28. The molecule has 0 saturated heterocycles. The number of tetrazole rings is 1. The number of nitrogens with zero attached hydrogens (tertiary/aromatic N) is 5. The Morgan fingerprint density at radius 1 is 1.23 bits per heavy atom. The van der Waals surface area contributed by atoms with Gasteiger partial charge in [-0.25, -0.2) is 9.37 Å². The lowest BCUT2D eigenvalue weighted by Crippen LogP contribution is -2.14. The Morgan fingerprint density at radius 2 is 2.03 bits per heavy atom. The van der Waals surface area contributed by atoms with Gasteiger partial charge in [0.15, 0.2) is 5.13 Å². The number of thiazole rings is 1. The van der Waals surface area contributed by atoms with Crippen LogP contribution in [0.3, 0.4) is 0 Å². The molecule has 8 nitrogen and oxygen atoms in total. The van der Waals surface area contributed by atoms with Gasteiger partial charge in [-0.2, -0.15) is 4.68 Å². The van der Waals surface area contributed by atoms with Crippen molar-refractivity contribution < 1.29 is 13.9 Å². The predicted octanol–water partition coefficient (Wildman–Crippen LogP) is 4.05. The number of carbonyl (C=O) groups is 1. The van der Waals surface area contributed by atoms with Gasteiger partial charge in [-0.05, 0) is 53.7 Å². The molecule has 0 radical (unpaired) electrons. The van der Waals surface area contributed by atoms with E-state index in [0.717, 1.165) is 5.56 Å². The number of ether oxygens (including phenoxy) is 1. The molecule has 1 N–H and O–H groups in total. The molecule has 0 bridgehead atoms. The standard InChI is InChI=1S/C20H17FN6O2S2/c1-2-29-17-6-4-3-5-16(17)27-20(24-25-26-27)31-12-18(28)23-19-22-15(11-30-19)13-7-9-14(21)10-8-13/h3-11H,2,12H2,1H3,(H,22,23,28). The van der Waals surface area contributed by atoms with Gasteiger partial charge in [-0.1, -0.05) is 23.9 Å². The number of rotatable bonds is 8. The lowest BCUT2D eigenvalue weighted by molar-refractivity contribution is -0.113. The third kappa shape index (κ3) is 5.06. The molecule has 0 aliphatic heterocycles. The summed E-state index contributed by atoms with van der Waals surface area (Å²) in [6, 6.07) is 13.4. The van der Waals surface area contributed by atoms with Crippen LogP contribution in [0.15, 0.2) is 59.1 Å². The van der Waals surface area contributed by atoms with Crippen molar-refractivity contribution in [2.24, 2.45) is 0 Å². The number of carbonyl (C=O) groups excluding carboxylic acids is 1. The zero-order chi connectivity index (χ0) is 21.6. The minimum Gasteiger partial charge on any atom is -0.492 e. The second-order valence-corrected chi connectivity index (χ2v) is 7.96. The number of aromatic nitrogens is 5. The molecule has 2 aromatic carbocycles. The Bertz CT molecular complexity index is 1180. The topological polar surface area (TPSA) is 94.8 Å². The van der Waals surface area contributed by atoms with Gasteiger partial charge in [0, 0.05) is 10.9 Å². The van der Waals surface area contributed by atoms with Gasteiger partial charge in [0.05, 0.1) is 18.1 Å². The summed E-state index contributed by atoms with van der Waals surface area (Å²) < 4.78 is 20.3. The maximum atomic E-state index is 13.1. The first-order chi connectivity index (χ1) is 15.1. The average Bonchev–Trinajstić information content (AvgIpc) is 3.43. The Balaban J connectivity index is 1.40. The fourth-order valence-electron chi connectivity index (χ4n) is 2.70. The molecule has 0 fully saturated rings. The van der Waals surface area contributed by atoms with Gasteiger partial charge in [-0.3, -0.25) is 4.79 Å². The number of amides is 1. The maximum absolute atomic E-state index is 13.1. The first-order valence-corrected chi connectivity index (χ1v) is 11.1. The van der Waals surface area contributed by atoms with E-state index in [2.05, 4.69) is 25.8 Å². The zero-order valence-corrected chi connectivity index (χ0v) is 18.0. The van der Waals surface area contributed by atoms with Crippen molar-refractivity contribution in [1.29, 1.82) is 0 Å². The molecule has 158 valence electrons. The highest BCUT2D eigenvalue weighted by atomic mass is 32.2. The number of anilines is 1. The van der Waals surface area contributed by atoms with Crippen molar-refractivity contribution in [3.63, 3.8) is 0 Å². The van der Waals surface area contributed by atoms with Gasteiger partial charge in [0.2, 0.25) is 11.1 Å². The molecule has 0 saturated carbocycles. The number of nitrogens with one attached hydrogen (secondary N) is 1. The van der Waals surface area contributed by atoms with E-state index in [0.29, 0.717) is 34.0 Å². The van der Waals surface area contributed by atoms with Crippen LogP contribution in [0.25, 0.3) is 16.9 Å². The van der Waals surface area contributed by atoms with Crippen LogP contribution in [0.5, 0.6) is 5.75 Å². The number of hydrogen-bond acceptors (Lipinski definition) is 8. The van der Waals surface area contributed by atoms with E-state index >= 15 is 0 Å². The van der Waals surface area contributed by atoms with Crippen LogP contribution < -0.4 is 10.1 Å². The van der Waals surface area contributed by atoms with Crippen molar-refractivity contribution in [3.8, 4) is 22.7 Å². The van der Waals surface area contributed by atoms with Crippen LogP contribution >= 0.6 is 23.1 Å². The third-order valence-electron chi connectivity index (χ3n) is 4.06. The number of hydrogen-bond donors (Lipinski definition) is 1.